The number of halogens is 1. The van der Waals surface area contributed by atoms with Gasteiger partial charge in [-0.1, -0.05) is 19.1 Å². The van der Waals surface area contributed by atoms with E-state index >= 15 is 0 Å². The van der Waals surface area contributed by atoms with E-state index in [0.29, 0.717) is 34.8 Å². The molecule has 0 spiro atoms. The zero-order valence-electron chi connectivity index (χ0n) is 16.1. The minimum Gasteiger partial charge on any atom is -0.341 e. The van der Waals surface area contributed by atoms with Crippen molar-refractivity contribution in [1.29, 1.82) is 0 Å². The maximum atomic E-state index is 13.2. The van der Waals surface area contributed by atoms with Gasteiger partial charge in [0.1, 0.15) is 17.1 Å². The van der Waals surface area contributed by atoms with Gasteiger partial charge in [0.05, 0.1) is 12.1 Å². The third kappa shape index (κ3) is 3.89. The average Bonchev–Trinajstić information content (AvgIpc) is 3.20. The number of thiophene rings is 1. The van der Waals surface area contributed by atoms with Gasteiger partial charge in [0.15, 0.2) is 0 Å². The first-order chi connectivity index (χ1) is 13.9. The van der Waals surface area contributed by atoms with Crippen LogP contribution in [0.2, 0.25) is 0 Å². The van der Waals surface area contributed by atoms with Gasteiger partial charge in [-0.15, -0.1) is 11.3 Å². The number of piperidine rings is 1. The molecule has 4 rings (SSSR count). The Hall–Kier alpha value is -2.74. The van der Waals surface area contributed by atoms with Gasteiger partial charge in [-0.25, -0.2) is 9.18 Å². The summed E-state index contributed by atoms with van der Waals surface area (Å²) in [5.74, 6) is -0.0512. The Bertz CT molecular complexity index is 1160. The number of carbonyl (C=O) groups excluding carboxylic acids is 1. The van der Waals surface area contributed by atoms with E-state index in [4.69, 9.17) is 0 Å². The van der Waals surface area contributed by atoms with E-state index in [-0.39, 0.29) is 30.4 Å². The number of fused-ring (bicyclic) bond motifs is 1. The molecular weight excluding hydrogens is 393 g/mol. The molecule has 0 N–H and O–H groups in total. The van der Waals surface area contributed by atoms with Crippen molar-refractivity contribution >= 4 is 27.5 Å². The van der Waals surface area contributed by atoms with Crippen molar-refractivity contribution in [2.45, 2.75) is 32.9 Å². The predicted octanol–water partition coefficient (Wildman–Crippen LogP) is 2.67. The molecule has 3 aromatic rings. The lowest BCUT2D eigenvalue weighted by atomic mass is 10.0. The van der Waals surface area contributed by atoms with Crippen molar-refractivity contribution in [2.75, 3.05) is 13.1 Å². The quantitative estimate of drug-likeness (QED) is 0.658. The van der Waals surface area contributed by atoms with E-state index in [9.17, 15) is 18.8 Å². The Kier molecular flexibility index (Phi) is 5.36. The second-order valence-corrected chi connectivity index (χ2v) is 8.52. The number of amides is 1. The molecule has 2 aromatic heterocycles. The molecule has 1 aliphatic heterocycles. The molecule has 3 heterocycles. The lowest BCUT2D eigenvalue weighted by molar-refractivity contribution is -0.133. The van der Waals surface area contributed by atoms with Gasteiger partial charge < -0.3 is 4.90 Å². The summed E-state index contributed by atoms with van der Waals surface area (Å²) in [6, 6.07) is 7.39. The lowest BCUT2D eigenvalue weighted by Gasteiger charge is -2.31. The Balaban J connectivity index is 1.72. The Morgan fingerprint density at radius 2 is 1.93 bits per heavy atom. The van der Waals surface area contributed by atoms with Crippen molar-refractivity contribution in [2.24, 2.45) is 5.92 Å². The zero-order chi connectivity index (χ0) is 20.5. The third-order valence-electron chi connectivity index (χ3n) is 5.39. The number of benzene rings is 1. The van der Waals surface area contributed by atoms with Crippen LogP contribution in [-0.2, 0) is 17.9 Å². The molecule has 1 amide bonds. The molecule has 0 radical (unpaired) electrons. The molecule has 0 aliphatic carbocycles. The maximum Gasteiger partial charge on any atom is 0.332 e. The highest BCUT2D eigenvalue weighted by molar-refractivity contribution is 7.17. The van der Waals surface area contributed by atoms with Gasteiger partial charge in [-0.3, -0.25) is 18.7 Å². The number of likely N-dealkylation sites (tertiary alicyclic amines) is 1. The van der Waals surface area contributed by atoms with Crippen molar-refractivity contribution in [1.82, 2.24) is 14.0 Å². The first-order valence-electron chi connectivity index (χ1n) is 9.67. The highest BCUT2D eigenvalue weighted by Crippen LogP contribution is 2.18. The van der Waals surface area contributed by atoms with E-state index in [1.165, 1.54) is 28.0 Å². The Labute approximate surface area is 170 Å². The average molecular weight is 415 g/mol. The van der Waals surface area contributed by atoms with Crippen LogP contribution in [0.25, 0.3) is 10.2 Å². The highest BCUT2D eigenvalue weighted by atomic mass is 32.1. The monoisotopic (exact) mass is 415 g/mol. The summed E-state index contributed by atoms with van der Waals surface area (Å²) in [6.45, 7) is 3.43. The first kappa shape index (κ1) is 19.6. The van der Waals surface area contributed by atoms with Crippen LogP contribution in [-0.4, -0.2) is 33.0 Å². The van der Waals surface area contributed by atoms with Gasteiger partial charge in [0.25, 0.3) is 5.56 Å². The van der Waals surface area contributed by atoms with Crippen molar-refractivity contribution < 1.29 is 9.18 Å². The fourth-order valence-electron chi connectivity index (χ4n) is 3.85. The number of carbonyl (C=O) groups is 1. The largest absolute Gasteiger partial charge is 0.341 e. The fraction of sp³-hybridized carbons (Fsp3) is 0.381. The van der Waals surface area contributed by atoms with Crippen LogP contribution >= 0.6 is 11.3 Å². The molecular formula is C21H22FN3O3S. The van der Waals surface area contributed by atoms with E-state index in [2.05, 4.69) is 6.92 Å². The number of aromatic nitrogens is 2. The van der Waals surface area contributed by atoms with Gasteiger partial charge in [-0.2, -0.15) is 0 Å². The Morgan fingerprint density at radius 1 is 1.17 bits per heavy atom. The molecule has 1 aliphatic rings. The van der Waals surface area contributed by atoms with Crippen molar-refractivity contribution in [3.8, 4) is 0 Å². The Morgan fingerprint density at radius 3 is 2.66 bits per heavy atom. The van der Waals surface area contributed by atoms with E-state index < -0.39 is 5.69 Å². The summed E-state index contributed by atoms with van der Waals surface area (Å²) in [5, 5.41) is 1.75. The molecule has 1 atom stereocenters. The first-order valence-corrected chi connectivity index (χ1v) is 10.5. The second kappa shape index (κ2) is 7.94. The topological polar surface area (TPSA) is 64.3 Å². The van der Waals surface area contributed by atoms with Crippen LogP contribution in [0, 0.1) is 11.7 Å². The minimum atomic E-state index is -0.524. The van der Waals surface area contributed by atoms with Gasteiger partial charge in [0.2, 0.25) is 5.91 Å². The summed E-state index contributed by atoms with van der Waals surface area (Å²) in [5.41, 5.74) is 0.214. The van der Waals surface area contributed by atoms with Gasteiger partial charge in [0, 0.05) is 13.1 Å². The van der Waals surface area contributed by atoms with Crippen LogP contribution in [0.4, 0.5) is 4.39 Å². The zero-order valence-corrected chi connectivity index (χ0v) is 17.0. The molecule has 152 valence electrons. The summed E-state index contributed by atoms with van der Waals surface area (Å²) < 4.78 is 16.1. The summed E-state index contributed by atoms with van der Waals surface area (Å²) in [4.78, 5) is 40.7. The SMILES string of the molecule is C[C@H]1CCCN(C(=O)Cn2c(=O)n(Cc3ccc(F)cc3)c(=O)c3sccc32)C1. The molecule has 8 heteroatoms. The highest BCUT2D eigenvalue weighted by Gasteiger charge is 2.23. The normalized spacial score (nSPS) is 17.0. The summed E-state index contributed by atoms with van der Waals surface area (Å²) in [6.07, 6.45) is 2.06. The van der Waals surface area contributed by atoms with E-state index in [0.717, 1.165) is 17.4 Å². The van der Waals surface area contributed by atoms with Crippen LogP contribution < -0.4 is 11.2 Å². The number of hydrogen-bond acceptors (Lipinski definition) is 4. The molecule has 1 saturated heterocycles. The molecule has 0 saturated carbocycles. The van der Waals surface area contributed by atoms with Crippen molar-refractivity contribution in [3.63, 3.8) is 0 Å². The predicted molar refractivity (Wildman–Crippen MR) is 111 cm³/mol. The number of nitrogens with zero attached hydrogens (tertiary/aromatic N) is 3. The summed E-state index contributed by atoms with van der Waals surface area (Å²) >= 11 is 1.25. The maximum absolute atomic E-state index is 13.2. The van der Waals surface area contributed by atoms with Crippen LogP contribution in [0.15, 0.2) is 45.3 Å². The molecule has 6 nitrogen and oxygen atoms in total. The third-order valence-corrected chi connectivity index (χ3v) is 6.29. The standard InChI is InChI=1S/C21H22FN3O3S/c1-14-3-2-9-23(11-14)18(26)13-24-17-8-10-29-19(17)20(27)25(21(24)28)12-15-4-6-16(22)7-5-15/h4-8,10,14H,2-3,9,11-13H2,1H3/t14-/m0/s1. The van der Waals surface area contributed by atoms with Gasteiger partial charge >= 0.3 is 5.69 Å². The van der Waals surface area contributed by atoms with Crippen LogP contribution in [0.5, 0.6) is 0 Å². The number of hydrogen-bond donors (Lipinski definition) is 0. The number of rotatable bonds is 4. The fourth-order valence-corrected chi connectivity index (χ4v) is 4.69. The second-order valence-electron chi connectivity index (χ2n) is 7.61. The van der Waals surface area contributed by atoms with E-state index in [1.54, 1.807) is 28.5 Å². The summed E-state index contributed by atoms with van der Waals surface area (Å²) in [7, 11) is 0. The molecule has 1 aromatic carbocycles. The van der Waals surface area contributed by atoms with E-state index in [1.807, 2.05) is 0 Å². The van der Waals surface area contributed by atoms with Crippen molar-refractivity contribution in [3.05, 3.63) is 67.9 Å². The molecule has 1 fully saturated rings. The van der Waals surface area contributed by atoms with Crippen LogP contribution in [0.1, 0.15) is 25.3 Å². The van der Waals surface area contributed by atoms with Crippen LogP contribution in [0.3, 0.4) is 0 Å². The smallest absolute Gasteiger partial charge is 0.332 e. The molecule has 0 unspecified atom stereocenters. The lowest BCUT2D eigenvalue weighted by Crippen LogP contribution is -2.45. The minimum absolute atomic E-state index is 0.0285. The molecule has 29 heavy (non-hydrogen) atoms. The molecule has 0 bridgehead atoms. The van der Waals surface area contributed by atoms with Gasteiger partial charge in [-0.05, 0) is 47.9 Å².